The second-order valence-corrected chi connectivity index (χ2v) is 1.79. The van der Waals surface area contributed by atoms with Crippen molar-refractivity contribution < 1.29 is 131 Å². The summed E-state index contributed by atoms with van der Waals surface area (Å²) in [7, 11) is -6.48. The van der Waals surface area contributed by atoms with Gasteiger partial charge in [0.2, 0.25) is 0 Å². The van der Waals surface area contributed by atoms with E-state index >= 15 is 0 Å². The van der Waals surface area contributed by atoms with E-state index < -0.39 is 16.5 Å². The molecule has 10 heteroatoms. The summed E-state index contributed by atoms with van der Waals surface area (Å²) < 4.78 is 25.0. The first-order valence-electron chi connectivity index (χ1n) is 1.26. The molecule has 2 unspecified atom stereocenters. The van der Waals surface area contributed by atoms with Gasteiger partial charge < -0.3 is 9.79 Å². The van der Waals surface area contributed by atoms with E-state index in [2.05, 4.69) is 9.35 Å². The smallest absolute Gasteiger partial charge is 0.564 e. The minimum Gasteiger partial charge on any atom is -0.564 e. The largest absolute Gasteiger partial charge is 1.00 e. The fourth-order valence-corrected chi connectivity index (χ4v) is 0.490. The summed E-state index contributed by atoms with van der Waals surface area (Å²) in [5.41, 5.74) is 0. The Bertz CT molecular complexity index is 98.3. The van der Waals surface area contributed by atoms with Crippen LogP contribution in [0.3, 0.4) is 0 Å². The molecular weight excluding hydrogens is 236 g/mol. The van der Waals surface area contributed by atoms with Crippen molar-refractivity contribution in [1.82, 2.24) is 0 Å². The molecule has 0 rings (SSSR count). The number of hydrogen-bond donors (Lipinski definition) is 0. The molecule has 0 aromatic carbocycles. The molecule has 0 heterocycles. The van der Waals surface area contributed by atoms with E-state index in [1.54, 1.807) is 0 Å². The summed E-state index contributed by atoms with van der Waals surface area (Å²) in [6.45, 7) is 0. The second kappa shape index (κ2) is 12.3. The predicted molar refractivity (Wildman–Crippen MR) is 17.4 cm³/mol. The second-order valence-electron chi connectivity index (χ2n) is 0.596. The molecule has 46 valence electrons. The summed E-state index contributed by atoms with van der Waals surface area (Å²) in [5, 5.41) is 0. The molecule has 0 bridgehead atoms. The molecule has 0 saturated carbocycles. The Morgan fingerprint density at radius 3 is 1.20 bits per heavy atom. The average molecular weight is 236 g/mol. The Balaban J connectivity index is -0.000000245. The van der Waals surface area contributed by atoms with Gasteiger partial charge in [0, 0.05) is 0 Å². The fourth-order valence-electron chi connectivity index (χ4n) is 0.0544. The van der Waals surface area contributed by atoms with Crippen LogP contribution >= 0.6 is 16.5 Å². The van der Waals surface area contributed by atoms with Crippen LogP contribution in [0.5, 0.6) is 0 Å². The minimum absolute atomic E-state index is 0. The molecule has 10 heavy (non-hydrogen) atoms. The molecular formula is K2O6P2+2. The van der Waals surface area contributed by atoms with Crippen molar-refractivity contribution in [3.05, 3.63) is 0 Å². The van der Waals surface area contributed by atoms with Crippen molar-refractivity contribution in [2.45, 2.75) is 0 Å². The quantitative estimate of drug-likeness (QED) is 0.209. The molecule has 0 amide bonds. The molecule has 0 aliphatic heterocycles. The van der Waals surface area contributed by atoms with Crippen molar-refractivity contribution in [3.8, 4) is 0 Å². The van der Waals surface area contributed by atoms with E-state index in [0.717, 1.165) is 0 Å². The van der Waals surface area contributed by atoms with Crippen molar-refractivity contribution >= 4 is 16.5 Å². The predicted octanol–water partition coefficient (Wildman–Crippen LogP) is -7.02. The van der Waals surface area contributed by atoms with Gasteiger partial charge >= 0.3 is 119 Å². The zero-order valence-corrected chi connectivity index (χ0v) is 13.4. The van der Waals surface area contributed by atoms with E-state index in [1.165, 1.54) is 0 Å². The Morgan fingerprint density at radius 2 is 1.10 bits per heavy atom. The summed E-state index contributed by atoms with van der Waals surface area (Å²) in [6, 6.07) is 0. The van der Waals surface area contributed by atoms with E-state index in [4.69, 9.17) is 0 Å². The SMILES string of the molecule is O=[P+]([O-])OO[P+](=O)[O-].[K+].[K+]. The standard InChI is InChI=1S/2K.O6P2/c;;1-7(2)5-6-8(3)4/q2*+1;. The molecule has 0 N–H and O–H groups in total. The maximum Gasteiger partial charge on any atom is 1.00 e. The minimum atomic E-state index is -3.24. The summed E-state index contributed by atoms with van der Waals surface area (Å²) in [5.74, 6) is 0. The molecule has 0 aliphatic carbocycles. The first-order chi connectivity index (χ1) is 3.63. The van der Waals surface area contributed by atoms with Crippen molar-refractivity contribution in [1.29, 1.82) is 0 Å². The maximum atomic E-state index is 9.33. The van der Waals surface area contributed by atoms with Gasteiger partial charge in [-0.05, 0) is 9.13 Å². The van der Waals surface area contributed by atoms with Crippen LogP contribution in [0.15, 0.2) is 0 Å². The first kappa shape index (κ1) is 19.0. The van der Waals surface area contributed by atoms with E-state index in [1.807, 2.05) is 0 Å². The molecule has 0 fully saturated rings. The topological polar surface area (TPSA) is 98.7 Å². The molecule has 0 spiro atoms. The summed E-state index contributed by atoms with van der Waals surface area (Å²) in [4.78, 5) is 18.7. The van der Waals surface area contributed by atoms with Crippen LogP contribution in [0.25, 0.3) is 0 Å². The fraction of sp³-hybridized carbons (Fsp3) is 0. The van der Waals surface area contributed by atoms with Crippen molar-refractivity contribution in [2.24, 2.45) is 0 Å². The molecule has 0 aromatic heterocycles. The van der Waals surface area contributed by atoms with Gasteiger partial charge in [-0.15, -0.1) is 0 Å². The van der Waals surface area contributed by atoms with Gasteiger partial charge in [0.1, 0.15) is 0 Å². The average Bonchev–Trinajstić information content (AvgIpc) is 1.61. The number of hydrogen-bond acceptors (Lipinski definition) is 6. The van der Waals surface area contributed by atoms with Gasteiger partial charge in [0.15, 0.2) is 0 Å². The molecule has 0 radical (unpaired) electrons. The van der Waals surface area contributed by atoms with Gasteiger partial charge in [0.05, 0.1) is 9.35 Å². The Hall–Kier alpha value is 3.31. The van der Waals surface area contributed by atoms with Crippen LogP contribution in [-0.2, 0) is 18.5 Å². The normalized spacial score (nSPS) is 10.6. The van der Waals surface area contributed by atoms with E-state index in [9.17, 15) is 18.9 Å². The monoisotopic (exact) mass is 236 g/mol. The zero-order chi connectivity index (χ0) is 6.57. The van der Waals surface area contributed by atoms with Crippen LogP contribution in [0.2, 0.25) is 0 Å². The third-order valence-electron chi connectivity index (χ3n) is 0.155. The van der Waals surface area contributed by atoms with Crippen molar-refractivity contribution in [3.63, 3.8) is 0 Å². The summed E-state index contributed by atoms with van der Waals surface area (Å²) >= 11 is 0. The van der Waals surface area contributed by atoms with Gasteiger partial charge in [-0.1, -0.05) is 0 Å². The Morgan fingerprint density at radius 1 is 0.900 bits per heavy atom. The molecule has 0 saturated heterocycles. The van der Waals surface area contributed by atoms with Gasteiger partial charge in [0.25, 0.3) is 0 Å². The Labute approximate surface area is 144 Å². The third-order valence-corrected chi connectivity index (χ3v) is 0.665. The maximum absolute atomic E-state index is 9.33. The first-order valence-corrected chi connectivity index (χ1v) is 3.45. The van der Waals surface area contributed by atoms with E-state index in [-0.39, 0.29) is 103 Å². The van der Waals surface area contributed by atoms with Gasteiger partial charge in [-0.3, -0.25) is 0 Å². The van der Waals surface area contributed by atoms with Gasteiger partial charge in [-0.2, -0.15) is 0 Å². The third kappa shape index (κ3) is 17.4. The van der Waals surface area contributed by atoms with Crippen LogP contribution in [0, 0.1) is 0 Å². The zero-order valence-electron chi connectivity index (χ0n) is 5.34. The molecule has 0 aromatic rings. The van der Waals surface area contributed by atoms with Crippen LogP contribution in [-0.4, -0.2) is 0 Å². The van der Waals surface area contributed by atoms with Crippen molar-refractivity contribution in [2.75, 3.05) is 0 Å². The Kier molecular flexibility index (Phi) is 23.4. The van der Waals surface area contributed by atoms with Gasteiger partial charge in [-0.25, -0.2) is 0 Å². The molecule has 2 atom stereocenters. The van der Waals surface area contributed by atoms with Crippen LogP contribution in [0.1, 0.15) is 0 Å². The summed E-state index contributed by atoms with van der Waals surface area (Å²) in [6.07, 6.45) is 0. The van der Waals surface area contributed by atoms with Crippen LogP contribution < -0.4 is 113 Å². The molecule has 0 aliphatic rings. The van der Waals surface area contributed by atoms with E-state index in [0.29, 0.717) is 0 Å². The van der Waals surface area contributed by atoms with Crippen LogP contribution in [0.4, 0.5) is 0 Å². The number of rotatable bonds is 3. The molecule has 6 nitrogen and oxygen atoms in total.